The maximum Gasteiger partial charge on any atom is 0.251 e. The third kappa shape index (κ3) is 6.92. The van der Waals surface area contributed by atoms with Crippen molar-refractivity contribution in [1.82, 2.24) is 10.2 Å². The highest BCUT2D eigenvalue weighted by Crippen LogP contribution is 2.28. The molecule has 33 heavy (non-hydrogen) atoms. The zero-order chi connectivity index (χ0) is 23.0. The summed E-state index contributed by atoms with van der Waals surface area (Å²) in [5.41, 5.74) is 4.21. The molecule has 0 radical (unpaired) electrons. The van der Waals surface area contributed by atoms with Crippen LogP contribution in [0.25, 0.3) is 0 Å². The summed E-state index contributed by atoms with van der Waals surface area (Å²) in [7, 11) is 0. The number of rotatable bonds is 8. The highest BCUT2D eigenvalue weighted by Gasteiger charge is 2.20. The average molecular weight is 507 g/mol. The van der Waals surface area contributed by atoms with Crippen LogP contribution in [0, 0.1) is 5.92 Å². The Balaban J connectivity index is 1.23. The molecule has 1 aliphatic rings. The summed E-state index contributed by atoms with van der Waals surface area (Å²) in [4.78, 5) is 15.1. The number of phenolic OH excluding ortho intramolecular Hbond substituents is 1. The number of carbonyl (C=O) groups excluding carboxylic acids is 1. The molecule has 0 bridgehead atoms. The van der Waals surface area contributed by atoms with Crippen LogP contribution in [0.2, 0.25) is 0 Å². The minimum absolute atomic E-state index is 0.0281. The molecule has 2 N–H and O–H groups in total. The summed E-state index contributed by atoms with van der Waals surface area (Å²) >= 11 is 3.61. The number of piperidine rings is 1. The van der Waals surface area contributed by atoms with Gasteiger partial charge in [0.25, 0.3) is 5.91 Å². The van der Waals surface area contributed by atoms with Crippen molar-refractivity contribution in [2.45, 2.75) is 32.2 Å². The number of halogens is 1. The van der Waals surface area contributed by atoms with Gasteiger partial charge in [-0.25, -0.2) is 0 Å². The van der Waals surface area contributed by atoms with E-state index in [0.29, 0.717) is 18.2 Å². The van der Waals surface area contributed by atoms with Crippen molar-refractivity contribution in [3.8, 4) is 5.75 Å². The van der Waals surface area contributed by atoms with E-state index >= 15 is 0 Å². The SMILES string of the molecule is O=C(NCc1ccccc1)c1cccc(CCN2CCC(Cc3cc(O)ccc3Br)CC2)c1. The smallest absolute Gasteiger partial charge is 0.251 e. The molecule has 0 unspecified atom stereocenters. The molecule has 0 spiro atoms. The Kier molecular flexibility index (Phi) is 8.19. The Morgan fingerprint density at radius 1 is 0.970 bits per heavy atom. The Morgan fingerprint density at radius 2 is 1.73 bits per heavy atom. The number of benzene rings is 3. The first kappa shape index (κ1) is 23.5. The van der Waals surface area contributed by atoms with Crippen LogP contribution in [-0.4, -0.2) is 35.5 Å². The molecule has 0 aromatic heterocycles. The Labute approximate surface area is 204 Å². The van der Waals surface area contributed by atoms with Crippen molar-refractivity contribution >= 4 is 21.8 Å². The molecule has 3 aromatic carbocycles. The van der Waals surface area contributed by atoms with E-state index in [1.807, 2.05) is 60.7 Å². The number of nitrogens with zero attached hydrogens (tertiary/aromatic N) is 1. The summed E-state index contributed by atoms with van der Waals surface area (Å²) in [6.07, 6.45) is 4.29. The molecule has 1 heterocycles. The molecule has 1 amide bonds. The van der Waals surface area contributed by atoms with E-state index in [0.717, 1.165) is 48.1 Å². The molecule has 4 rings (SSSR count). The van der Waals surface area contributed by atoms with Crippen molar-refractivity contribution in [2.75, 3.05) is 19.6 Å². The molecule has 1 aliphatic heterocycles. The number of nitrogens with one attached hydrogen (secondary N) is 1. The van der Waals surface area contributed by atoms with Crippen LogP contribution in [0.4, 0.5) is 0 Å². The third-order valence-electron chi connectivity index (χ3n) is 6.45. The third-order valence-corrected chi connectivity index (χ3v) is 7.22. The second kappa shape index (κ2) is 11.5. The fourth-order valence-corrected chi connectivity index (χ4v) is 4.89. The van der Waals surface area contributed by atoms with Crippen LogP contribution in [0.5, 0.6) is 5.75 Å². The molecule has 172 valence electrons. The molecule has 4 nitrogen and oxygen atoms in total. The predicted molar refractivity (Wildman–Crippen MR) is 136 cm³/mol. The molecule has 1 saturated heterocycles. The van der Waals surface area contributed by atoms with Gasteiger partial charge in [0.2, 0.25) is 0 Å². The van der Waals surface area contributed by atoms with Gasteiger partial charge in [0.15, 0.2) is 0 Å². The molecule has 0 aliphatic carbocycles. The quantitative estimate of drug-likeness (QED) is 0.419. The van der Waals surface area contributed by atoms with Gasteiger partial charge in [0.05, 0.1) is 0 Å². The van der Waals surface area contributed by atoms with E-state index in [9.17, 15) is 9.90 Å². The van der Waals surface area contributed by atoms with Crippen molar-refractivity contribution in [3.05, 3.63) is 99.5 Å². The maximum atomic E-state index is 12.6. The molecule has 0 saturated carbocycles. The lowest BCUT2D eigenvalue weighted by Crippen LogP contribution is -2.35. The molecule has 1 fully saturated rings. The Hall–Kier alpha value is -2.63. The first-order valence-corrected chi connectivity index (χ1v) is 12.5. The van der Waals surface area contributed by atoms with Crippen molar-refractivity contribution in [1.29, 1.82) is 0 Å². The minimum Gasteiger partial charge on any atom is -0.508 e. The van der Waals surface area contributed by atoms with Crippen LogP contribution < -0.4 is 5.32 Å². The van der Waals surface area contributed by atoms with E-state index in [1.165, 1.54) is 24.0 Å². The molecule has 0 atom stereocenters. The van der Waals surface area contributed by atoms with Gasteiger partial charge in [-0.15, -0.1) is 0 Å². The highest BCUT2D eigenvalue weighted by atomic mass is 79.9. The summed E-state index contributed by atoms with van der Waals surface area (Å²) in [6.45, 7) is 3.74. The van der Waals surface area contributed by atoms with Crippen LogP contribution in [-0.2, 0) is 19.4 Å². The van der Waals surface area contributed by atoms with Gasteiger partial charge in [-0.2, -0.15) is 0 Å². The number of hydrogen-bond donors (Lipinski definition) is 2. The second-order valence-electron chi connectivity index (χ2n) is 8.88. The van der Waals surface area contributed by atoms with Gasteiger partial charge in [-0.1, -0.05) is 58.4 Å². The zero-order valence-corrected chi connectivity index (χ0v) is 20.4. The Morgan fingerprint density at radius 3 is 2.52 bits per heavy atom. The van der Waals surface area contributed by atoms with Crippen molar-refractivity contribution in [2.24, 2.45) is 5.92 Å². The maximum absolute atomic E-state index is 12.6. The fraction of sp³-hybridized carbons (Fsp3) is 0.321. The van der Waals surface area contributed by atoms with Crippen molar-refractivity contribution < 1.29 is 9.90 Å². The monoisotopic (exact) mass is 506 g/mol. The summed E-state index contributed by atoms with van der Waals surface area (Å²) in [5.74, 6) is 0.956. The summed E-state index contributed by atoms with van der Waals surface area (Å²) in [5, 5.41) is 12.8. The minimum atomic E-state index is -0.0281. The van der Waals surface area contributed by atoms with Gasteiger partial charge in [-0.3, -0.25) is 4.79 Å². The number of amides is 1. The van der Waals surface area contributed by atoms with Gasteiger partial charge < -0.3 is 15.3 Å². The van der Waals surface area contributed by atoms with Gasteiger partial charge in [0.1, 0.15) is 5.75 Å². The lowest BCUT2D eigenvalue weighted by Gasteiger charge is -2.32. The molecular weight excluding hydrogens is 476 g/mol. The predicted octanol–water partition coefficient (Wildman–Crippen LogP) is 5.58. The number of phenols is 1. The number of aromatic hydroxyl groups is 1. The van der Waals surface area contributed by atoms with Crippen molar-refractivity contribution in [3.63, 3.8) is 0 Å². The van der Waals surface area contributed by atoms with E-state index < -0.39 is 0 Å². The first-order valence-electron chi connectivity index (χ1n) is 11.7. The average Bonchev–Trinajstić information content (AvgIpc) is 2.85. The zero-order valence-electron chi connectivity index (χ0n) is 18.8. The van der Waals surface area contributed by atoms with Crippen LogP contribution in [0.15, 0.2) is 77.3 Å². The topological polar surface area (TPSA) is 52.6 Å². The van der Waals surface area contributed by atoms with Crippen LogP contribution in [0.3, 0.4) is 0 Å². The van der Waals surface area contributed by atoms with E-state index in [1.54, 1.807) is 6.07 Å². The number of hydrogen-bond acceptors (Lipinski definition) is 3. The van der Waals surface area contributed by atoms with E-state index in [4.69, 9.17) is 0 Å². The second-order valence-corrected chi connectivity index (χ2v) is 9.74. The highest BCUT2D eigenvalue weighted by molar-refractivity contribution is 9.10. The standard InChI is InChI=1S/C28H31BrN2O2/c29-27-10-9-26(32)19-25(27)18-22-12-15-31(16-13-22)14-11-21-7-4-8-24(17-21)28(33)30-20-23-5-2-1-3-6-23/h1-10,17,19,22,32H,11-16,18,20H2,(H,30,33). The fourth-order valence-electron chi connectivity index (χ4n) is 4.48. The molecule has 3 aromatic rings. The number of carbonyl (C=O) groups is 1. The molecule has 5 heteroatoms. The van der Waals surface area contributed by atoms with Crippen LogP contribution in [0.1, 0.15) is 39.9 Å². The lowest BCUT2D eigenvalue weighted by molar-refractivity contribution is 0.0950. The van der Waals surface area contributed by atoms with Gasteiger partial charge >= 0.3 is 0 Å². The Bertz CT molecular complexity index is 1060. The largest absolute Gasteiger partial charge is 0.508 e. The van der Waals surface area contributed by atoms with Gasteiger partial charge in [0, 0.05) is 23.1 Å². The number of likely N-dealkylation sites (tertiary alicyclic amines) is 1. The van der Waals surface area contributed by atoms with E-state index in [-0.39, 0.29) is 5.91 Å². The first-order chi connectivity index (χ1) is 16.1. The normalized spacial score (nSPS) is 14.8. The molecular formula is C28H31BrN2O2. The van der Waals surface area contributed by atoms with Crippen LogP contribution >= 0.6 is 15.9 Å². The summed E-state index contributed by atoms with van der Waals surface area (Å²) < 4.78 is 1.08. The van der Waals surface area contributed by atoms with E-state index in [2.05, 4.69) is 32.2 Å². The van der Waals surface area contributed by atoms with Gasteiger partial charge in [-0.05, 0) is 91.7 Å². The summed E-state index contributed by atoms with van der Waals surface area (Å²) in [6, 6.07) is 23.5. The lowest BCUT2D eigenvalue weighted by atomic mass is 9.90.